The smallest absolute Gasteiger partial charge is 0.264 e. The first-order chi connectivity index (χ1) is 16.6. The summed E-state index contributed by atoms with van der Waals surface area (Å²) in [5, 5.41) is 2.81. The Kier molecular flexibility index (Phi) is 7.03. The fourth-order valence-electron chi connectivity index (χ4n) is 3.87. The number of sulfonamides is 1. The van der Waals surface area contributed by atoms with Crippen molar-refractivity contribution in [2.24, 2.45) is 0 Å². The summed E-state index contributed by atoms with van der Waals surface area (Å²) in [6, 6.07) is 17.9. The van der Waals surface area contributed by atoms with Crippen LogP contribution < -0.4 is 19.1 Å². The van der Waals surface area contributed by atoms with Crippen LogP contribution in [-0.2, 0) is 14.8 Å². The summed E-state index contributed by atoms with van der Waals surface area (Å²) in [6.45, 7) is 8.15. The van der Waals surface area contributed by atoms with Crippen LogP contribution in [0.4, 0.5) is 5.69 Å². The van der Waals surface area contributed by atoms with Crippen LogP contribution in [0, 0.1) is 27.7 Å². The van der Waals surface area contributed by atoms with Gasteiger partial charge in [-0.2, -0.15) is 0 Å². The molecule has 1 amide bonds. The highest BCUT2D eigenvalue weighted by molar-refractivity contribution is 7.92. The molecule has 184 valence electrons. The molecule has 0 saturated carbocycles. The van der Waals surface area contributed by atoms with Crippen LogP contribution in [0.3, 0.4) is 0 Å². The molecule has 0 bridgehead atoms. The van der Waals surface area contributed by atoms with Crippen LogP contribution in [0.15, 0.2) is 65.6 Å². The van der Waals surface area contributed by atoms with Crippen molar-refractivity contribution in [3.8, 4) is 11.5 Å². The van der Waals surface area contributed by atoms with Gasteiger partial charge in [0.1, 0.15) is 18.1 Å². The minimum Gasteiger partial charge on any atom is -0.491 e. The average molecular weight is 495 g/mol. The van der Waals surface area contributed by atoms with Crippen molar-refractivity contribution in [3.63, 3.8) is 0 Å². The zero-order chi connectivity index (χ0) is 25.2. The molecule has 0 saturated heterocycles. The SMILES string of the molecule is Cc1ccc(S(=O)(=O)N2CC(C(=O)NCCOc3cc(C)ccc3C)Oc3cc(C)ccc32)cc1. The number of nitrogens with one attached hydrogen (secondary N) is 1. The van der Waals surface area contributed by atoms with Crippen LogP contribution >= 0.6 is 0 Å². The number of hydrogen-bond donors (Lipinski definition) is 1. The van der Waals surface area contributed by atoms with Crippen molar-refractivity contribution < 1.29 is 22.7 Å². The van der Waals surface area contributed by atoms with Gasteiger partial charge in [-0.25, -0.2) is 8.42 Å². The number of fused-ring (bicyclic) bond motifs is 1. The molecule has 0 aromatic heterocycles. The van der Waals surface area contributed by atoms with E-state index in [9.17, 15) is 13.2 Å². The van der Waals surface area contributed by atoms with Crippen molar-refractivity contribution in [1.82, 2.24) is 5.32 Å². The third-order valence-corrected chi connectivity index (χ3v) is 7.68. The third-order valence-electron chi connectivity index (χ3n) is 5.89. The predicted octanol–water partition coefficient (Wildman–Crippen LogP) is 4.07. The van der Waals surface area contributed by atoms with Gasteiger partial charge in [-0.05, 0) is 74.7 Å². The van der Waals surface area contributed by atoms with Crippen molar-refractivity contribution in [3.05, 3.63) is 82.9 Å². The van der Waals surface area contributed by atoms with Crippen molar-refractivity contribution in [2.75, 3.05) is 24.0 Å². The monoisotopic (exact) mass is 494 g/mol. The van der Waals surface area contributed by atoms with Gasteiger partial charge in [0, 0.05) is 0 Å². The lowest BCUT2D eigenvalue weighted by atomic mass is 10.1. The largest absolute Gasteiger partial charge is 0.491 e. The van der Waals surface area contributed by atoms with Gasteiger partial charge >= 0.3 is 0 Å². The maximum Gasteiger partial charge on any atom is 0.264 e. The summed E-state index contributed by atoms with van der Waals surface area (Å²) in [7, 11) is -3.89. The molecule has 1 heterocycles. The van der Waals surface area contributed by atoms with Crippen molar-refractivity contribution in [2.45, 2.75) is 38.7 Å². The lowest BCUT2D eigenvalue weighted by Crippen LogP contribution is -2.51. The van der Waals surface area contributed by atoms with Gasteiger partial charge in [-0.15, -0.1) is 0 Å². The molecule has 1 atom stereocenters. The fourth-order valence-corrected chi connectivity index (χ4v) is 5.35. The Labute approximate surface area is 206 Å². The molecule has 0 spiro atoms. The Morgan fingerprint density at radius 1 is 0.971 bits per heavy atom. The van der Waals surface area contributed by atoms with Gasteiger partial charge in [0.15, 0.2) is 6.10 Å². The summed E-state index contributed by atoms with van der Waals surface area (Å²) >= 11 is 0. The summed E-state index contributed by atoms with van der Waals surface area (Å²) in [6.07, 6.45) is -0.995. The highest BCUT2D eigenvalue weighted by atomic mass is 32.2. The predicted molar refractivity (Wildman–Crippen MR) is 136 cm³/mol. The molecule has 35 heavy (non-hydrogen) atoms. The second-order valence-electron chi connectivity index (χ2n) is 8.84. The summed E-state index contributed by atoms with van der Waals surface area (Å²) in [4.78, 5) is 13.1. The molecular formula is C27H30N2O5S. The zero-order valence-corrected chi connectivity index (χ0v) is 21.2. The molecule has 1 aliphatic heterocycles. The second-order valence-corrected chi connectivity index (χ2v) is 10.7. The molecule has 1 aliphatic rings. The van der Waals surface area contributed by atoms with Crippen LogP contribution in [0.2, 0.25) is 0 Å². The summed E-state index contributed by atoms with van der Waals surface area (Å²) < 4.78 is 40.0. The van der Waals surface area contributed by atoms with Gasteiger partial charge in [-0.3, -0.25) is 9.10 Å². The Morgan fingerprint density at radius 2 is 1.63 bits per heavy atom. The molecule has 7 nitrogen and oxygen atoms in total. The fraction of sp³-hybridized carbons (Fsp3) is 0.296. The van der Waals surface area contributed by atoms with Gasteiger partial charge in [0.25, 0.3) is 15.9 Å². The van der Waals surface area contributed by atoms with Crippen LogP contribution in [0.5, 0.6) is 11.5 Å². The molecule has 3 aromatic rings. The van der Waals surface area contributed by atoms with E-state index in [0.29, 0.717) is 11.4 Å². The van der Waals surface area contributed by atoms with E-state index in [-0.39, 0.29) is 24.6 Å². The Hall–Kier alpha value is -3.52. The Bertz CT molecular complexity index is 1340. The second kappa shape index (κ2) is 10.00. The topological polar surface area (TPSA) is 84.9 Å². The van der Waals surface area contributed by atoms with Crippen LogP contribution in [0.1, 0.15) is 22.3 Å². The number of rotatable bonds is 7. The third kappa shape index (κ3) is 5.43. The van der Waals surface area contributed by atoms with E-state index in [1.807, 2.05) is 52.0 Å². The van der Waals surface area contributed by atoms with E-state index in [4.69, 9.17) is 9.47 Å². The average Bonchev–Trinajstić information content (AvgIpc) is 2.83. The zero-order valence-electron chi connectivity index (χ0n) is 20.4. The van der Waals surface area contributed by atoms with Crippen LogP contribution in [-0.4, -0.2) is 40.1 Å². The van der Waals surface area contributed by atoms with Gasteiger partial charge in [0.2, 0.25) is 0 Å². The number of hydrogen-bond acceptors (Lipinski definition) is 5. The Balaban J connectivity index is 1.49. The van der Waals surface area contributed by atoms with Crippen LogP contribution in [0.25, 0.3) is 0 Å². The number of carbonyl (C=O) groups excluding carboxylic acids is 1. The maximum atomic E-state index is 13.5. The standard InChI is InChI=1S/C27H30N2O5S/c1-18-6-10-22(11-7-18)35(31,32)29-17-26(34-25-16-20(3)8-12-23(25)29)27(30)28-13-14-33-24-15-19(2)5-9-21(24)4/h5-12,15-16,26H,13-14,17H2,1-4H3,(H,28,30). The molecule has 4 rings (SSSR count). The normalized spacial score (nSPS) is 15.2. The van der Waals surface area contributed by atoms with E-state index >= 15 is 0 Å². The lowest BCUT2D eigenvalue weighted by molar-refractivity contribution is -0.127. The molecule has 0 radical (unpaired) electrons. The quantitative estimate of drug-likeness (QED) is 0.501. The molecular weight excluding hydrogens is 464 g/mol. The number of benzene rings is 3. The van der Waals surface area contributed by atoms with Crippen molar-refractivity contribution >= 4 is 21.6 Å². The first-order valence-electron chi connectivity index (χ1n) is 11.5. The van der Waals surface area contributed by atoms with Gasteiger partial charge in [0.05, 0.1) is 23.7 Å². The number of nitrogens with zero attached hydrogens (tertiary/aromatic N) is 1. The van der Waals surface area contributed by atoms with E-state index in [1.54, 1.807) is 36.4 Å². The number of anilines is 1. The first-order valence-corrected chi connectivity index (χ1v) is 12.9. The number of carbonyl (C=O) groups is 1. The minimum absolute atomic E-state index is 0.129. The van der Waals surface area contributed by atoms with E-state index < -0.39 is 22.0 Å². The molecule has 1 N–H and O–H groups in total. The number of ether oxygens (including phenoxy) is 2. The minimum atomic E-state index is -3.89. The highest BCUT2D eigenvalue weighted by Gasteiger charge is 2.37. The molecule has 1 unspecified atom stereocenters. The summed E-state index contributed by atoms with van der Waals surface area (Å²) in [5.74, 6) is 0.734. The van der Waals surface area contributed by atoms with Crippen molar-refractivity contribution in [1.29, 1.82) is 0 Å². The number of aryl methyl sites for hydroxylation is 4. The molecule has 0 fully saturated rings. The van der Waals surface area contributed by atoms with E-state index in [0.717, 1.165) is 28.0 Å². The maximum absolute atomic E-state index is 13.5. The first kappa shape index (κ1) is 24.6. The molecule has 3 aromatic carbocycles. The Morgan fingerprint density at radius 3 is 2.37 bits per heavy atom. The van der Waals surface area contributed by atoms with Gasteiger partial charge in [-0.1, -0.05) is 35.9 Å². The van der Waals surface area contributed by atoms with Gasteiger partial charge < -0.3 is 14.8 Å². The van der Waals surface area contributed by atoms with E-state index in [1.165, 1.54) is 4.31 Å². The molecule has 8 heteroatoms. The lowest BCUT2D eigenvalue weighted by Gasteiger charge is -2.35. The number of amides is 1. The molecule has 0 aliphatic carbocycles. The highest BCUT2D eigenvalue weighted by Crippen LogP contribution is 2.37. The summed E-state index contributed by atoms with van der Waals surface area (Å²) in [5.41, 5.74) is 4.38. The van der Waals surface area contributed by atoms with E-state index in [2.05, 4.69) is 5.32 Å².